The maximum absolute atomic E-state index is 13.3. The second-order valence-electron chi connectivity index (χ2n) is 6.60. The predicted molar refractivity (Wildman–Crippen MR) is 97.6 cm³/mol. The first-order valence-corrected chi connectivity index (χ1v) is 9.00. The van der Waals surface area contributed by atoms with Crippen LogP contribution in [0.3, 0.4) is 0 Å². The van der Waals surface area contributed by atoms with Gasteiger partial charge in [-0.2, -0.15) is 0 Å². The van der Waals surface area contributed by atoms with Crippen LogP contribution >= 0.6 is 0 Å². The minimum Gasteiger partial charge on any atom is -0.447 e. The number of amides is 2. The lowest BCUT2D eigenvalue weighted by Gasteiger charge is -2.25. The second-order valence-corrected chi connectivity index (χ2v) is 6.60. The number of benzene rings is 2. The molecule has 0 radical (unpaired) electrons. The summed E-state index contributed by atoms with van der Waals surface area (Å²) in [6.45, 7) is 0.0818. The van der Waals surface area contributed by atoms with Crippen LogP contribution in [-0.4, -0.2) is 41.3 Å². The van der Waals surface area contributed by atoms with Gasteiger partial charge in [0, 0.05) is 6.61 Å². The first-order chi connectivity index (χ1) is 13.1. The van der Waals surface area contributed by atoms with Gasteiger partial charge >= 0.3 is 6.09 Å². The van der Waals surface area contributed by atoms with Gasteiger partial charge in [0.15, 0.2) is 0 Å². The van der Waals surface area contributed by atoms with Gasteiger partial charge in [-0.05, 0) is 42.5 Å². The van der Waals surface area contributed by atoms with Gasteiger partial charge in [0.1, 0.15) is 12.4 Å². The van der Waals surface area contributed by atoms with Gasteiger partial charge in [-0.25, -0.2) is 14.1 Å². The molecule has 0 aromatic heterocycles. The molecule has 2 amide bonds. The maximum Gasteiger partial charge on any atom is 0.417 e. The zero-order valence-corrected chi connectivity index (χ0v) is 14.9. The molecule has 0 saturated carbocycles. The summed E-state index contributed by atoms with van der Waals surface area (Å²) in [6, 6.07) is 14.9. The molecule has 2 aromatic carbocycles. The number of aliphatic hydroxyl groups excluding tert-OH is 1. The molecule has 3 rings (SSSR count). The summed E-state index contributed by atoms with van der Waals surface area (Å²) in [5, 5.41) is 9.18. The summed E-state index contributed by atoms with van der Waals surface area (Å²) in [7, 11) is 0. The molecule has 6 heteroatoms. The summed E-state index contributed by atoms with van der Waals surface area (Å²) >= 11 is 0. The molecule has 1 aliphatic rings. The van der Waals surface area contributed by atoms with E-state index in [0.29, 0.717) is 24.8 Å². The number of carbonyl (C=O) groups is 2. The van der Waals surface area contributed by atoms with E-state index in [0.717, 1.165) is 5.56 Å². The molecule has 5 nitrogen and oxygen atoms in total. The van der Waals surface area contributed by atoms with Crippen molar-refractivity contribution in [3.63, 3.8) is 0 Å². The van der Waals surface area contributed by atoms with Crippen molar-refractivity contribution in [2.45, 2.75) is 31.2 Å². The summed E-state index contributed by atoms with van der Waals surface area (Å²) in [5.74, 6) is -1.41. The number of aliphatic hydroxyl groups is 1. The fourth-order valence-corrected chi connectivity index (χ4v) is 3.36. The number of cyclic esters (lactones) is 1. The lowest BCUT2D eigenvalue weighted by Crippen LogP contribution is -2.43. The zero-order valence-electron chi connectivity index (χ0n) is 14.9. The maximum atomic E-state index is 13.3. The molecule has 1 saturated heterocycles. The Balaban J connectivity index is 1.83. The molecule has 142 valence electrons. The fraction of sp³-hybridized carbons (Fsp3) is 0.333. The van der Waals surface area contributed by atoms with E-state index in [9.17, 15) is 19.1 Å². The number of carbonyl (C=O) groups excluding carboxylic acids is 2. The van der Waals surface area contributed by atoms with E-state index in [1.807, 2.05) is 30.3 Å². The number of rotatable bonds is 7. The molecule has 1 N–H and O–H groups in total. The Hall–Kier alpha value is -2.73. The van der Waals surface area contributed by atoms with Crippen LogP contribution < -0.4 is 0 Å². The van der Waals surface area contributed by atoms with Gasteiger partial charge < -0.3 is 9.84 Å². The van der Waals surface area contributed by atoms with Gasteiger partial charge in [-0.15, -0.1) is 0 Å². The third-order valence-electron chi connectivity index (χ3n) is 4.73. The first-order valence-electron chi connectivity index (χ1n) is 9.00. The van der Waals surface area contributed by atoms with Crippen molar-refractivity contribution >= 4 is 12.0 Å². The highest BCUT2D eigenvalue weighted by Crippen LogP contribution is 2.28. The quantitative estimate of drug-likeness (QED) is 0.811. The van der Waals surface area contributed by atoms with Crippen molar-refractivity contribution in [1.29, 1.82) is 0 Å². The minimum atomic E-state index is -0.656. The summed E-state index contributed by atoms with van der Waals surface area (Å²) in [6.07, 6.45) is 0.620. The smallest absolute Gasteiger partial charge is 0.417 e. The van der Waals surface area contributed by atoms with Crippen LogP contribution in [0.25, 0.3) is 0 Å². The van der Waals surface area contributed by atoms with Crippen molar-refractivity contribution < 1.29 is 23.8 Å². The van der Waals surface area contributed by atoms with Crippen LogP contribution in [-0.2, 0) is 16.0 Å². The van der Waals surface area contributed by atoms with Crippen molar-refractivity contribution in [2.75, 3.05) is 13.2 Å². The molecule has 0 spiro atoms. The zero-order chi connectivity index (χ0) is 19.2. The molecule has 1 aliphatic heterocycles. The third kappa shape index (κ3) is 4.52. The van der Waals surface area contributed by atoms with Crippen LogP contribution in [0.2, 0.25) is 0 Å². The van der Waals surface area contributed by atoms with Gasteiger partial charge in [0.2, 0.25) is 5.91 Å². The van der Waals surface area contributed by atoms with Crippen molar-refractivity contribution in [1.82, 2.24) is 4.90 Å². The number of hydrogen-bond donors (Lipinski definition) is 1. The Bertz CT molecular complexity index is 779. The number of nitrogens with zero attached hydrogens (tertiary/aromatic N) is 1. The molecule has 2 aromatic rings. The van der Waals surface area contributed by atoms with E-state index in [2.05, 4.69) is 0 Å². The first kappa shape index (κ1) is 19.0. The largest absolute Gasteiger partial charge is 0.447 e. The average molecular weight is 371 g/mol. The van der Waals surface area contributed by atoms with Crippen molar-refractivity contribution in [3.8, 4) is 0 Å². The lowest BCUT2D eigenvalue weighted by molar-refractivity contribution is -0.131. The third-order valence-corrected chi connectivity index (χ3v) is 4.73. The summed E-state index contributed by atoms with van der Waals surface area (Å²) < 4.78 is 18.4. The number of imide groups is 1. The average Bonchev–Trinajstić information content (AvgIpc) is 3.04. The Kier molecular flexibility index (Phi) is 6.19. The Morgan fingerprint density at radius 2 is 1.89 bits per heavy atom. The summed E-state index contributed by atoms with van der Waals surface area (Å²) in [4.78, 5) is 26.6. The Morgan fingerprint density at radius 3 is 2.56 bits per heavy atom. The molecular weight excluding hydrogens is 349 g/mol. The molecular formula is C21H22FNO4. The van der Waals surface area contributed by atoms with Crippen LogP contribution in [0.15, 0.2) is 54.6 Å². The van der Waals surface area contributed by atoms with Gasteiger partial charge in [-0.3, -0.25) is 4.79 Å². The normalized spacial score (nSPS) is 17.6. The van der Waals surface area contributed by atoms with Gasteiger partial charge in [-0.1, -0.05) is 42.5 Å². The molecule has 0 aliphatic carbocycles. The SMILES string of the molecule is O=C1OC[C@H](Cc2ccccc2)N1C(=O)[C@@H](CCCO)c1ccc(F)cc1. The van der Waals surface area contributed by atoms with Crippen LogP contribution in [0.4, 0.5) is 9.18 Å². The highest BCUT2D eigenvalue weighted by molar-refractivity contribution is 5.97. The van der Waals surface area contributed by atoms with Crippen LogP contribution in [0.5, 0.6) is 0 Å². The molecule has 27 heavy (non-hydrogen) atoms. The van der Waals surface area contributed by atoms with E-state index >= 15 is 0 Å². The molecule has 1 fully saturated rings. The molecule has 0 unspecified atom stereocenters. The predicted octanol–water partition coefficient (Wildman–Crippen LogP) is 3.27. The van der Waals surface area contributed by atoms with Crippen LogP contribution in [0.1, 0.15) is 29.9 Å². The van der Waals surface area contributed by atoms with E-state index < -0.39 is 17.8 Å². The second kappa shape index (κ2) is 8.77. The highest BCUT2D eigenvalue weighted by atomic mass is 19.1. The van der Waals surface area contributed by atoms with E-state index in [1.54, 1.807) is 12.1 Å². The minimum absolute atomic E-state index is 0.0666. The lowest BCUT2D eigenvalue weighted by atomic mass is 9.92. The van der Waals surface area contributed by atoms with Crippen LogP contribution in [0, 0.1) is 5.82 Å². The molecule has 2 atom stereocenters. The van der Waals surface area contributed by atoms with E-state index in [1.165, 1.54) is 17.0 Å². The van der Waals surface area contributed by atoms with E-state index in [4.69, 9.17) is 4.74 Å². The van der Waals surface area contributed by atoms with Gasteiger partial charge in [0.05, 0.1) is 12.0 Å². The monoisotopic (exact) mass is 371 g/mol. The number of halogens is 1. The molecule has 1 heterocycles. The van der Waals surface area contributed by atoms with E-state index in [-0.39, 0.29) is 25.2 Å². The Morgan fingerprint density at radius 1 is 1.19 bits per heavy atom. The van der Waals surface area contributed by atoms with Crippen molar-refractivity contribution in [2.24, 2.45) is 0 Å². The Labute approximate surface area is 157 Å². The standard InChI is InChI=1S/C21H22FNO4/c22-17-10-8-16(9-11-17)19(7-4-12-24)20(25)23-18(14-27-21(23)26)13-15-5-2-1-3-6-15/h1-3,5-6,8-11,18-19,24H,4,7,12-14H2/t18-,19-/m0/s1. The number of hydrogen-bond acceptors (Lipinski definition) is 4. The fourth-order valence-electron chi connectivity index (χ4n) is 3.36. The number of ether oxygens (including phenoxy) is 1. The molecule has 0 bridgehead atoms. The summed E-state index contributed by atoms with van der Waals surface area (Å²) in [5.41, 5.74) is 1.63. The highest BCUT2D eigenvalue weighted by Gasteiger charge is 2.41. The van der Waals surface area contributed by atoms with Crippen molar-refractivity contribution in [3.05, 3.63) is 71.5 Å². The topological polar surface area (TPSA) is 66.8 Å². The van der Waals surface area contributed by atoms with Gasteiger partial charge in [0.25, 0.3) is 0 Å².